The topological polar surface area (TPSA) is 55.8 Å². The zero-order valence-corrected chi connectivity index (χ0v) is 9.10. The number of carbonyl (C=O) groups excluding carboxylic acids is 2. The van der Waals surface area contributed by atoms with E-state index in [4.69, 9.17) is 4.74 Å². The van der Waals surface area contributed by atoms with Crippen molar-refractivity contribution in [3.05, 3.63) is 35.4 Å². The highest BCUT2D eigenvalue weighted by molar-refractivity contribution is 5.66. The van der Waals surface area contributed by atoms with Crippen molar-refractivity contribution in [1.82, 2.24) is 5.06 Å². The van der Waals surface area contributed by atoms with Gasteiger partial charge in [-0.3, -0.25) is 0 Å². The van der Waals surface area contributed by atoms with E-state index in [1.54, 1.807) is 0 Å². The number of nitrogens with zero attached hydrogens (tertiary/aromatic N) is 1. The molecule has 0 aliphatic carbocycles. The van der Waals surface area contributed by atoms with Gasteiger partial charge in [0.25, 0.3) is 0 Å². The summed E-state index contributed by atoms with van der Waals surface area (Å²) in [6.07, 6.45) is -0.746. The Labute approximate surface area is 93.5 Å². The molecule has 0 atom stereocenters. The molecule has 0 spiro atoms. The molecule has 0 aliphatic heterocycles. The number of benzene rings is 1. The van der Waals surface area contributed by atoms with E-state index in [9.17, 15) is 9.59 Å². The smallest absolute Gasteiger partial charge is 0.442 e. The zero-order valence-electron chi connectivity index (χ0n) is 9.10. The maximum Gasteiger partial charge on any atom is 0.444 e. The number of carbonyl (C=O) groups is 1. The Bertz CT molecular complexity index is 361. The van der Waals surface area contributed by atoms with Gasteiger partial charge >= 0.3 is 12.6 Å². The molecule has 1 radical (unpaired) electrons. The van der Waals surface area contributed by atoms with Gasteiger partial charge in [-0.05, 0) is 12.5 Å². The Morgan fingerprint density at radius 1 is 1.38 bits per heavy atom. The zero-order chi connectivity index (χ0) is 12.0. The fourth-order valence-corrected chi connectivity index (χ4v) is 1.01. The monoisotopic (exact) mass is 222 g/mol. The summed E-state index contributed by atoms with van der Waals surface area (Å²) < 4.78 is 4.87. The summed E-state index contributed by atoms with van der Waals surface area (Å²) >= 11 is 0. The minimum Gasteiger partial charge on any atom is -0.442 e. The van der Waals surface area contributed by atoms with Crippen molar-refractivity contribution in [2.75, 3.05) is 7.05 Å². The number of amides is 1. The number of hydroxylamine groups is 2. The van der Waals surface area contributed by atoms with E-state index in [-0.39, 0.29) is 6.61 Å². The van der Waals surface area contributed by atoms with Crippen LogP contribution in [0.2, 0.25) is 0 Å². The van der Waals surface area contributed by atoms with Crippen LogP contribution in [0.5, 0.6) is 0 Å². The highest BCUT2D eigenvalue weighted by atomic mass is 16.7. The Morgan fingerprint density at radius 3 is 2.56 bits per heavy atom. The van der Waals surface area contributed by atoms with Crippen molar-refractivity contribution >= 4 is 12.6 Å². The fraction of sp³-hybridized carbons (Fsp3) is 0.273. The molecular formula is C11H12NO4. The van der Waals surface area contributed by atoms with Gasteiger partial charge in [-0.15, -0.1) is 5.06 Å². The minimum atomic E-state index is -0.746. The van der Waals surface area contributed by atoms with Crippen molar-refractivity contribution in [3.63, 3.8) is 0 Å². The van der Waals surface area contributed by atoms with Gasteiger partial charge in [0.1, 0.15) is 6.61 Å². The first-order chi connectivity index (χ1) is 7.63. The van der Waals surface area contributed by atoms with Gasteiger partial charge in [0.2, 0.25) is 0 Å². The quantitative estimate of drug-likeness (QED) is 0.725. The third kappa shape index (κ3) is 3.61. The Balaban J connectivity index is 2.42. The predicted molar refractivity (Wildman–Crippen MR) is 55.9 cm³/mol. The third-order valence-corrected chi connectivity index (χ3v) is 1.91. The Hall–Kier alpha value is -2.04. The Morgan fingerprint density at radius 2 is 2.00 bits per heavy atom. The molecule has 5 heteroatoms. The van der Waals surface area contributed by atoms with E-state index in [1.165, 1.54) is 7.05 Å². The van der Waals surface area contributed by atoms with Crippen LogP contribution >= 0.6 is 0 Å². The predicted octanol–water partition coefficient (Wildman–Crippen LogP) is 1.56. The van der Waals surface area contributed by atoms with E-state index < -0.39 is 6.09 Å². The van der Waals surface area contributed by atoms with Crippen molar-refractivity contribution in [2.45, 2.75) is 13.5 Å². The number of rotatable bonds is 4. The molecule has 0 aromatic heterocycles. The lowest BCUT2D eigenvalue weighted by Gasteiger charge is -2.12. The van der Waals surface area contributed by atoms with E-state index in [2.05, 4.69) is 4.84 Å². The molecule has 1 amide bonds. The van der Waals surface area contributed by atoms with Gasteiger partial charge in [-0.2, -0.15) is 0 Å². The molecule has 0 saturated carbocycles. The van der Waals surface area contributed by atoms with Crippen LogP contribution < -0.4 is 0 Å². The largest absolute Gasteiger partial charge is 0.444 e. The highest BCUT2D eigenvalue weighted by Gasteiger charge is 2.10. The van der Waals surface area contributed by atoms with Crippen LogP contribution in [0, 0.1) is 6.92 Å². The minimum absolute atomic E-state index is 0.131. The molecule has 0 N–H and O–H groups in total. The molecule has 0 saturated heterocycles. The lowest BCUT2D eigenvalue weighted by molar-refractivity contribution is -0.0431. The van der Waals surface area contributed by atoms with E-state index in [0.717, 1.165) is 17.6 Å². The molecule has 1 aromatic carbocycles. The summed E-state index contributed by atoms with van der Waals surface area (Å²) in [5, 5.41) is 0.668. The summed E-state index contributed by atoms with van der Waals surface area (Å²) in [5.74, 6) is 0. The van der Waals surface area contributed by atoms with Crippen molar-refractivity contribution < 1.29 is 19.2 Å². The summed E-state index contributed by atoms with van der Waals surface area (Å²) in [6, 6.07) is 7.55. The van der Waals surface area contributed by atoms with Crippen LogP contribution in [-0.2, 0) is 21.0 Å². The summed E-state index contributed by atoms with van der Waals surface area (Å²) in [4.78, 5) is 25.2. The van der Waals surface area contributed by atoms with Gasteiger partial charge in [-0.25, -0.2) is 9.59 Å². The second-order valence-corrected chi connectivity index (χ2v) is 3.21. The molecule has 1 aromatic rings. The number of ether oxygens (including phenoxy) is 1. The van der Waals surface area contributed by atoms with Gasteiger partial charge < -0.3 is 9.57 Å². The van der Waals surface area contributed by atoms with Crippen molar-refractivity contribution in [3.8, 4) is 0 Å². The van der Waals surface area contributed by atoms with Crippen LogP contribution in [0.1, 0.15) is 11.1 Å². The molecule has 16 heavy (non-hydrogen) atoms. The van der Waals surface area contributed by atoms with Crippen molar-refractivity contribution in [1.29, 1.82) is 0 Å². The number of aryl methyl sites for hydroxylation is 1. The normalized spacial score (nSPS) is 9.38. The van der Waals surface area contributed by atoms with Crippen LogP contribution in [-0.4, -0.2) is 24.7 Å². The van der Waals surface area contributed by atoms with Gasteiger partial charge in [-0.1, -0.05) is 29.8 Å². The first-order valence-electron chi connectivity index (χ1n) is 4.63. The molecule has 5 nitrogen and oxygen atoms in total. The summed E-state index contributed by atoms with van der Waals surface area (Å²) in [7, 11) is 1.27. The van der Waals surface area contributed by atoms with Gasteiger partial charge in [0.15, 0.2) is 0 Å². The van der Waals surface area contributed by atoms with Crippen LogP contribution in [0.15, 0.2) is 24.3 Å². The van der Waals surface area contributed by atoms with Crippen LogP contribution in [0.25, 0.3) is 0 Å². The number of hydrogen-bond acceptors (Lipinski definition) is 4. The molecule has 85 valence electrons. The molecule has 1 rings (SSSR count). The molecule has 0 bridgehead atoms. The van der Waals surface area contributed by atoms with E-state index >= 15 is 0 Å². The molecule has 0 fully saturated rings. The third-order valence-electron chi connectivity index (χ3n) is 1.91. The lowest BCUT2D eigenvalue weighted by Crippen LogP contribution is -2.27. The molecule has 0 unspecified atom stereocenters. The van der Waals surface area contributed by atoms with Crippen molar-refractivity contribution in [2.24, 2.45) is 0 Å². The first-order valence-corrected chi connectivity index (χ1v) is 4.63. The maximum absolute atomic E-state index is 11.2. The van der Waals surface area contributed by atoms with E-state index in [0.29, 0.717) is 5.06 Å². The first kappa shape index (κ1) is 12.0. The second-order valence-electron chi connectivity index (χ2n) is 3.21. The summed E-state index contributed by atoms with van der Waals surface area (Å²) in [6.45, 7) is 3.23. The number of hydrogen-bond donors (Lipinski definition) is 0. The van der Waals surface area contributed by atoms with Crippen LogP contribution in [0.3, 0.4) is 0 Å². The molecule has 0 aliphatic rings. The average molecular weight is 222 g/mol. The summed E-state index contributed by atoms with van der Waals surface area (Å²) in [5.41, 5.74) is 1.99. The van der Waals surface area contributed by atoms with Gasteiger partial charge in [0.05, 0.1) is 7.05 Å². The average Bonchev–Trinajstić information content (AvgIpc) is 2.28. The van der Waals surface area contributed by atoms with Gasteiger partial charge in [0, 0.05) is 0 Å². The maximum atomic E-state index is 11.2. The molecular weight excluding hydrogens is 210 g/mol. The highest BCUT2D eigenvalue weighted by Crippen LogP contribution is 2.05. The Kier molecular flexibility index (Phi) is 4.32. The lowest BCUT2D eigenvalue weighted by atomic mass is 10.2. The van der Waals surface area contributed by atoms with Crippen LogP contribution in [0.4, 0.5) is 4.79 Å². The van der Waals surface area contributed by atoms with E-state index in [1.807, 2.05) is 31.2 Å². The second kappa shape index (κ2) is 5.75. The standard InChI is InChI=1S/C11H12NO4/c1-9-3-5-10(6-4-9)7-15-11(14)12(2)16-8-13/h3-6H,7H2,1-2H3. The fourth-order valence-electron chi connectivity index (χ4n) is 1.01. The SMILES string of the molecule is Cc1ccc(COC(=O)N(C)O[C]=O)cc1. The molecule has 0 heterocycles.